The first-order chi connectivity index (χ1) is 13.1. The van der Waals surface area contributed by atoms with E-state index in [-0.39, 0.29) is 5.91 Å². The van der Waals surface area contributed by atoms with Crippen LogP contribution in [0.3, 0.4) is 0 Å². The van der Waals surface area contributed by atoms with Crippen LogP contribution in [0, 0.1) is 0 Å². The molecular formula is C20H22N4O3. The number of carbonyl (C=O) groups excluding carboxylic acids is 1. The Morgan fingerprint density at radius 3 is 2.70 bits per heavy atom. The van der Waals surface area contributed by atoms with E-state index in [4.69, 9.17) is 9.47 Å². The molecule has 140 valence electrons. The molecule has 0 spiro atoms. The van der Waals surface area contributed by atoms with Crippen LogP contribution in [0.1, 0.15) is 18.9 Å². The SMILES string of the molecule is COc1ccc(/C(C)=N\NC(=O)CCn2cnc3ccccc32)cc1OC. The van der Waals surface area contributed by atoms with Gasteiger partial charge >= 0.3 is 0 Å². The lowest BCUT2D eigenvalue weighted by molar-refractivity contribution is -0.121. The molecule has 3 aromatic rings. The molecule has 0 aliphatic rings. The van der Waals surface area contributed by atoms with E-state index < -0.39 is 0 Å². The topological polar surface area (TPSA) is 77.7 Å². The Kier molecular flexibility index (Phi) is 5.71. The number of benzene rings is 2. The third kappa shape index (κ3) is 4.25. The van der Waals surface area contributed by atoms with Gasteiger partial charge < -0.3 is 14.0 Å². The summed E-state index contributed by atoms with van der Waals surface area (Å²) in [4.78, 5) is 16.5. The summed E-state index contributed by atoms with van der Waals surface area (Å²) in [7, 11) is 3.16. The van der Waals surface area contributed by atoms with Crippen molar-refractivity contribution in [2.24, 2.45) is 5.10 Å². The second-order valence-electron chi connectivity index (χ2n) is 5.98. The van der Waals surface area contributed by atoms with Crippen LogP contribution in [0.15, 0.2) is 53.9 Å². The largest absolute Gasteiger partial charge is 0.493 e. The van der Waals surface area contributed by atoms with Gasteiger partial charge in [0.2, 0.25) is 5.91 Å². The van der Waals surface area contributed by atoms with Crippen LogP contribution in [-0.2, 0) is 11.3 Å². The second kappa shape index (κ2) is 8.35. The van der Waals surface area contributed by atoms with Gasteiger partial charge in [0.05, 0.1) is 37.3 Å². The van der Waals surface area contributed by atoms with Gasteiger partial charge in [-0.15, -0.1) is 0 Å². The number of nitrogens with zero attached hydrogens (tertiary/aromatic N) is 3. The molecule has 0 aliphatic carbocycles. The van der Waals surface area contributed by atoms with Crippen LogP contribution in [0.2, 0.25) is 0 Å². The summed E-state index contributed by atoms with van der Waals surface area (Å²) in [6, 6.07) is 13.3. The molecule has 7 nitrogen and oxygen atoms in total. The standard InChI is InChI=1S/C20H22N4O3/c1-14(15-8-9-18(26-2)19(12-15)27-3)22-23-20(25)10-11-24-13-21-16-6-4-5-7-17(16)24/h4-9,12-13H,10-11H2,1-3H3,(H,23,25)/b22-14-. The van der Waals surface area contributed by atoms with Crippen molar-refractivity contribution in [1.82, 2.24) is 15.0 Å². The van der Waals surface area contributed by atoms with Crippen LogP contribution in [0.25, 0.3) is 11.0 Å². The minimum Gasteiger partial charge on any atom is -0.493 e. The molecule has 1 aromatic heterocycles. The molecule has 27 heavy (non-hydrogen) atoms. The maximum atomic E-state index is 12.1. The van der Waals surface area contributed by atoms with Crippen molar-refractivity contribution in [3.8, 4) is 11.5 Å². The highest BCUT2D eigenvalue weighted by atomic mass is 16.5. The molecule has 0 radical (unpaired) electrons. The normalized spacial score (nSPS) is 11.4. The summed E-state index contributed by atoms with van der Waals surface area (Å²) in [5.41, 5.74) is 6.05. The summed E-state index contributed by atoms with van der Waals surface area (Å²) in [5, 5.41) is 4.18. The van der Waals surface area contributed by atoms with Crippen LogP contribution in [-0.4, -0.2) is 35.4 Å². The minimum atomic E-state index is -0.160. The monoisotopic (exact) mass is 366 g/mol. The van der Waals surface area contributed by atoms with E-state index in [0.29, 0.717) is 30.2 Å². The molecule has 3 rings (SSSR count). The Morgan fingerprint density at radius 1 is 1.15 bits per heavy atom. The van der Waals surface area contributed by atoms with E-state index in [0.717, 1.165) is 16.6 Å². The lowest BCUT2D eigenvalue weighted by atomic mass is 10.1. The number of aryl methyl sites for hydroxylation is 1. The molecule has 0 unspecified atom stereocenters. The first-order valence-corrected chi connectivity index (χ1v) is 8.57. The van der Waals surface area contributed by atoms with Crippen molar-refractivity contribution in [3.05, 3.63) is 54.4 Å². The number of para-hydroxylation sites is 2. The lowest BCUT2D eigenvalue weighted by Gasteiger charge is -2.09. The van der Waals surface area contributed by atoms with Crippen molar-refractivity contribution in [2.45, 2.75) is 19.9 Å². The minimum absolute atomic E-state index is 0.160. The Morgan fingerprint density at radius 2 is 1.93 bits per heavy atom. The van der Waals surface area contributed by atoms with E-state index in [1.807, 2.05) is 47.9 Å². The first kappa shape index (κ1) is 18.4. The fourth-order valence-electron chi connectivity index (χ4n) is 2.74. The van der Waals surface area contributed by atoms with Gasteiger partial charge in [-0.2, -0.15) is 5.10 Å². The zero-order valence-electron chi connectivity index (χ0n) is 15.6. The van der Waals surface area contributed by atoms with Gasteiger partial charge in [0, 0.05) is 18.5 Å². The van der Waals surface area contributed by atoms with Crippen molar-refractivity contribution in [3.63, 3.8) is 0 Å². The van der Waals surface area contributed by atoms with Crippen molar-refractivity contribution in [2.75, 3.05) is 14.2 Å². The van der Waals surface area contributed by atoms with Gasteiger partial charge in [0.1, 0.15) is 0 Å². The number of hydrogen-bond donors (Lipinski definition) is 1. The maximum Gasteiger partial charge on any atom is 0.241 e. The number of ether oxygens (including phenoxy) is 2. The average Bonchev–Trinajstić information content (AvgIpc) is 3.13. The second-order valence-corrected chi connectivity index (χ2v) is 5.98. The third-order valence-corrected chi connectivity index (χ3v) is 4.26. The summed E-state index contributed by atoms with van der Waals surface area (Å²) in [5.74, 6) is 1.10. The Labute approximate surface area is 157 Å². The molecule has 0 aliphatic heterocycles. The number of amides is 1. The summed E-state index contributed by atoms with van der Waals surface area (Å²) in [6.45, 7) is 2.36. The maximum absolute atomic E-state index is 12.1. The van der Waals surface area contributed by atoms with E-state index in [1.165, 1.54) is 0 Å². The molecule has 7 heteroatoms. The van der Waals surface area contributed by atoms with E-state index in [9.17, 15) is 4.79 Å². The van der Waals surface area contributed by atoms with Gasteiger partial charge in [-0.05, 0) is 37.3 Å². The number of hydrogen-bond acceptors (Lipinski definition) is 5. The Hall–Kier alpha value is -3.35. The number of nitrogens with one attached hydrogen (secondary N) is 1. The van der Waals surface area contributed by atoms with Crippen molar-refractivity contribution < 1.29 is 14.3 Å². The predicted octanol–water partition coefficient (Wildman–Crippen LogP) is 2.98. The predicted molar refractivity (Wildman–Crippen MR) is 104 cm³/mol. The quantitative estimate of drug-likeness (QED) is 0.515. The Bertz CT molecular complexity index is 978. The molecule has 0 bridgehead atoms. The molecular weight excluding hydrogens is 344 g/mol. The van der Waals surface area contributed by atoms with Crippen LogP contribution in [0.5, 0.6) is 11.5 Å². The molecule has 1 heterocycles. The van der Waals surface area contributed by atoms with E-state index in [2.05, 4.69) is 15.5 Å². The highest BCUT2D eigenvalue weighted by Crippen LogP contribution is 2.27. The smallest absolute Gasteiger partial charge is 0.241 e. The number of hydrazone groups is 1. The number of carbonyl (C=O) groups is 1. The van der Waals surface area contributed by atoms with Gasteiger partial charge in [0.15, 0.2) is 11.5 Å². The molecule has 0 saturated carbocycles. The lowest BCUT2D eigenvalue weighted by Crippen LogP contribution is -2.20. The Balaban J connectivity index is 1.60. The van der Waals surface area contributed by atoms with Crippen LogP contribution >= 0.6 is 0 Å². The highest BCUT2D eigenvalue weighted by Gasteiger charge is 2.08. The van der Waals surface area contributed by atoms with Gasteiger partial charge in [-0.3, -0.25) is 4.79 Å². The summed E-state index contributed by atoms with van der Waals surface area (Å²) in [6.07, 6.45) is 2.05. The molecule has 2 aromatic carbocycles. The van der Waals surface area contributed by atoms with Gasteiger partial charge in [-0.1, -0.05) is 12.1 Å². The number of rotatable bonds is 7. The summed E-state index contributed by atoms with van der Waals surface area (Å²) < 4.78 is 12.5. The zero-order chi connectivity index (χ0) is 19.2. The van der Waals surface area contributed by atoms with Crippen molar-refractivity contribution >= 4 is 22.7 Å². The number of aromatic nitrogens is 2. The van der Waals surface area contributed by atoms with E-state index >= 15 is 0 Å². The fourth-order valence-corrected chi connectivity index (χ4v) is 2.74. The number of fused-ring (bicyclic) bond motifs is 1. The molecule has 0 saturated heterocycles. The molecule has 1 amide bonds. The summed E-state index contributed by atoms with van der Waals surface area (Å²) >= 11 is 0. The van der Waals surface area contributed by atoms with Crippen LogP contribution in [0.4, 0.5) is 0 Å². The number of imidazole rings is 1. The van der Waals surface area contributed by atoms with Crippen LogP contribution < -0.4 is 14.9 Å². The number of methoxy groups -OCH3 is 2. The van der Waals surface area contributed by atoms with E-state index in [1.54, 1.807) is 26.6 Å². The molecule has 1 N–H and O–H groups in total. The molecule has 0 fully saturated rings. The fraction of sp³-hybridized carbons (Fsp3) is 0.250. The van der Waals surface area contributed by atoms with Gasteiger partial charge in [0.25, 0.3) is 0 Å². The zero-order valence-corrected chi connectivity index (χ0v) is 15.6. The van der Waals surface area contributed by atoms with Gasteiger partial charge in [-0.25, -0.2) is 10.4 Å². The third-order valence-electron chi connectivity index (χ3n) is 4.26. The first-order valence-electron chi connectivity index (χ1n) is 8.57. The molecule has 0 atom stereocenters. The average molecular weight is 366 g/mol. The highest BCUT2D eigenvalue weighted by molar-refractivity contribution is 5.99. The van der Waals surface area contributed by atoms with Crippen molar-refractivity contribution in [1.29, 1.82) is 0 Å².